The number of pyridine rings is 1. The molecule has 0 spiro atoms. The summed E-state index contributed by atoms with van der Waals surface area (Å²) in [5.41, 5.74) is 1.88. The lowest BCUT2D eigenvalue weighted by Crippen LogP contribution is -2.14. The van der Waals surface area contributed by atoms with E-state index in [1.165, 1.54) is 0 Å². The number of halogens is 3. The van der Waals surface area contributed by atoms with Crippen LogP contribution >= 0.6 is 0 Å². The van der Waals surface area contributed by atoms with Gasteiger partial charge in [0.25, 0.3) is 0 Å². The van der Waals surface area contributed by atoms with E-state index in [0.717, 1.165) is 17.3 Å². The quantitative estimate of drug-likeness (QED) is 0.604. The first-order valence-electron chi connectivity index (χ1n) is 8.65. The van der Waals surface area contributed by atoms with Gasteiger partial charge in [-0.15, -0.1) is 0 Å². The Hall–Kier alpha value is -3.69. The number of nitrogens with one attached hydrogen (secondary N) is 3. The van der Waals surface area contributed by atoms with Crippen molar-refractivity contribution in [3.63, 3.8) is 0 Å². The van der Waals surface area contributed by atoms with E-state index in [2.05, 4.69) is 30.9 Å². The third-order valence-electron chi connectivity index (χ3n) is 4.29. The van der Waals surface area contributed by atoms with Gasteiger partial charge in [-0.1, -0.05) is 0 Å². The van der Waals surface area contributed by atoms with Crippen molar-refractivity contribution in [1.82, 2.24) is 15.0 Å². The zero-order valence-corrected chi connectivity index (χ0v) is 14.9. The Morgan fingerprint density at radius 2 is 1.93 bits per heavy atom. The van der Waals surface area contributed by atoms with Crippen molar-refractivity contribution >= 4 is 29.0 Å². The molecule has 0 atom stereocenters. The molecule has 148 valence electrons. The molecule has 0 unspecified atom stereocenters. The van der Waals surface area contributed by atoms with Gasteiger partial charge in [0, 0.05) is 36.5 Å². The molecule has 10 heteroatoms. The highest BCUT2D eigenvalue weighted by molar-refractivity contribution is 5.99. The van der Waals surface area contributed by atoms with Gasteiger partial charge in [-0.2, -0.15) is 18.2 Å². The van der Waals surface area contributed by atoms with Gasteiger partial charge < -0.3 is 16.0 Å². The molecule has 0 fully saturated rings. The van der Waals surface area contributed by atoms with Crippen LogP contribution in [0.3, 0.4) is 0 Å². The SMILES string of the molecule is O=C1Cc2cc(Nc3ncc(C(F)(F)F)c(NCc4ccncc4)n3)ccc2N1. The molecule has 1 aliphatic rings. The maximum Gasteiger partial charge on any atom is 0.421 e. The average Bonchev–Trinajstić information content (AvgIpc) is 3.06. The lowest BCUT2D eigenvalue weighted by Gasteiger charge is -2.15. The van der Waals surface area contributed by atoms with Crippen molar-refractivity contribution in [3.05, 3.63) is 65.6 Å². The van der Waals surface area contributed by atoms with Gasteiger partial charge in [-0.3, -0.25) is 9.78 Å². The Bertz CT molecular complexity index is 1060. The predicted octanol–water partition coefficient (Wildman–Crippen LogP) is 3.74. The van der Waals surface area contributed by atoms with Crippen molar-refractivity contribution in [2.24, 2.45) is 0 Å². The lowest BCUT2D eigenvalue weighted by molar-refractivity contribution is -0.137. The Kier molecular flexibility index (Phi) is 4.75. The van der Waals surface area contributed by atoms with Crippen LogP contribution in [0.5, 0.6) is 0 Å². The van der Waals surface area contributed by atoms with Crippen LogP contribution in [0.15, 0.2) is 48.9 Å². The lowest BCUT2D eigenvalue weighted by atomic mass is 10.1. The van der Waals surface area contributed by atoms with Crippen molar-refractivity contribution < 1.29 is 18.0 Å². The molecular formula is C19H15F3N6O. The zero-order chi connectivity index (χ0) is 20.4. The highest BCUT2D eigenvalue weighted by Crippen LogP contribution is 2.34. The van der Waals surface area contributed by atoms with Gasteiger partial charge >= 0.3 is 6.18 Å². The molecule has 29 heavy (non-hydrogen) atoms. The molecule has 3 aromatic rings. The molecule has 1 aliphatic heterocycles. The third-order valence-corrected chi connectivity index (χ3v) is 4.29. The fourth-order valence-corrected chi connectivity index (χ4v) is 2.91. The van der Waals surface area contributed by atoms with E-state index in [4.69, 9.17) is 0 Å². The van der Waals surface area contributed by atoms with Gasteiger partial charge in [0.05, 0.1) is 6.42 Å². The Morgan fingerprint density at radius 1 is 1.14 bits per heavy atom. The van der Waals surface area contributed by atoms with Gasteiger partial charge in [0.1, 0.15) is 11.4 Å². The highest BCUT2D eigenvalue weighted by Gasteiger charge is 2.35. The minimum Gasteiger partial charge on any atom is -0.365 e. The van der Waals surface area contributed by atoms with Crippen LogP contribution in [0.25, 0.3) is 0 Å². The maximum absolute atomic E-state index is 13.3. The summed E-state index contributed by atoms with van der Waals surface area (Å²) in [4.78, 5) is 23.1. The second-order valence-electron chi connectivity index (χ2n) is 6.38. The Labute approximate surface area is 163 Å². The molecule has 1 amide bonds. The van der Waals surface area contributed by atoms with Gasteiger partial charge in [-0.25, -0.2) is 4.98 Å². The molecule has 3 N–H and O–H groups in total. The van der Waals surface area contributed by atoms with Crippen molar-refractivity contribution in [2.45, 2.75) is 19.1 Å². The topological polar surface area (TPSA) is 91.8 Å². The number of alkyl halides is 3. The molecule has 3 heterocycles. The van der Waals surface area contributed by atoms with Gasteiger partial charge in [0.2, 0.25) is 11.9 Å². The molecule has 0 saturated heterocycles. The Morgan fingerprint density at radius 3 is 2.69 bits per heavy atom. The number of hydrogen-bond acceptors (Lipinski definition) is 6. The van der Waals surface area contributed by atoms with Crippen molar-refractivity contribution in [3.8, 4) is 0 Å². The van der Waals surface area contributed by atoms with Crippen molar-refractivity contribution in [1.29, 1.82) is 0 Å². The zero-order valence-electron chi connectivity index (χ0n) is 14.9. The third kappa shape index (κ3) is 4.26. The monoisotopic (exact) mass is 400 g/mol. The maximum atomic E-state index is 13.3. The fourth-order valence-electron chi connectivity index (χ4n) is 2.91. The molecule has 4 rings (SSSR count). The van der Waals surface area contributed by atoms with Crippen LogP contribution in [-0.4, -0.2) is 20.9 Å². The second-order valence-corrected chi connectivity index (χ2v) is 6.38. The van der Waals surface area contributed by atoms with E-state index in [-0.39, 0.29) is 30.6 Å². The summed E-state index contributed by atoms with van der Waals surface area (Å²) in [5, 5.41) is 8.32. The molecule has 1 aromatic carbocycles. The van der Waals surface area contributed by atoms with Crippen LogP contribution in [0, 0.1) is 0 Å². The number of carbonyl (C=O) groups is 1. The smallest absolute Gasteiger partial charge is 0.365 e. The standard InChI is InChI=1S/C19H15F3N6O/c20-19(21,22)14-10-25-18(28-17(14)24-9-11-3-5-23-6-4-11)26-13-1-2-15-12(7-13)8-16(29)27-15/h1-7,10H,8-9H2,(H,27,29)(H2,24,25,26,28). The van der Waals surface area contributed by atoms with Crippen LogP contribution < -0.4 is 16.0 Å². The summed E-state index contributed by atoms with van der Waals surface area (Å²) in [7, 11) is 0. The first-order chi connectivity index (χ1) is 13.9. The molecule has 2 aromatic heterocycles. The molecule has 0 radical (unpaired) electrons. The average molecular weight is 400 g/mol. The van der Waals surface area contributed by atoms with E-state index in [1.807, 2.05) is 0 Å². The first-order valence-corrected chi connectivity index (χ1v) is 8.65. The number of amides is 1. The number of hydrogen-bond donors (Lipinski definition) is 3. The first kappa shape index (κ1) is 18.7. The summed E-state index contributed by atoms with van der Waals surface area (Å²) >= 11 is 0. The summed E-state index contributed by atoms with van der Waals surface area (Å²) in [6, 6.07) is 8.53. The summed E-state index contributed by atoms with van der Waals surface area (Å²) < 4.78 is 40.0. The summed E-state index contributed by atoms with van der Waals surface area (Å²) in [5.74, 6) is -0.428. The minimum absolute atomic E-state index is 0.00691. The van der Waals surface area contributed by atoms with E-state index in [0.29, 0.717) is 11.4 Å². The largest absolute Gasteiger partial charge is 0.421 e. The van der Waals surface area contributed by atoms with Crippen molar-refractivity contribution in [2.75, 3.05) is 16.0 Å². The number of aromatic nitrogens is 3. The van der Waals surface area contributed by atoms with Crippen LogP contribution in [0.1, 0.15) is 16.7 Å². The van der Waals surface area contributed by atoms with Crippen LogP contribution in [-0.2, 0) is 23.9 Å². The highest BCUT2D eigenvalue weighted by atomic mass is 19.4. The molecule has 0 saturated carbocycles. The van der Waals surface area contributed by atoms with E-state index >= 15 is 0 Å². The van der Waals surface area contributed by atoms with Crippen LogP contribution in [0.2, 0.25) is 0 Å². The van der Waals surface area contributed by atoms with Crippen LogP contribution in [0.4, 0.5) is 36.3 Å². The molecular weight excluding hydrogens is 385 g/mol. The summed E-state index contributed by atoms with van der Waals surface area (Å²) in [6.07, 6.45) is -0.497. The molecule has 0 bridgehead atoms. The second kappa shape index (κ2) is 7.38. The van der Waals surface area contributed by atoms with E-state index in [1.54, 1.807) is 42.7 Å². The number of anilines is 4. The predicted molar refractivity (Wildman–Crippen MR) is 101 cm³/mol. The van der Waals surface area contributed by atoms with Gasteiger partial charge in [-0.05, 0) is 41.5 Å². The Balaban J connectivity index is 1.58. The van der Waals surface area contributed by atoms with Gasteiger partial charge in [0.15, 0.2) is 0 Å². The number of benzene rings is 1. The number of rotatable bonds is 5. The minimum atomic E-state index is -4.60. The molecule has 0 aliphatic carbocycles. The van der Waals surface area contributed by atoms with E-state index in [9.17, 15) is 18.0 Å². The normalized spacial score (nSPS) is 13.0. The fraction of sp³-hybridized carbons (Fsp3) is 0.158. The van der Waals surface area contributed by atoms with E-state index < -0.39 is 11.7 Å². The number of fused-ring (bicyclic) bond motifs is 1. The molecule has 7 nitrogen and oxygen atoms in total. The number of carbonyl (C=O) groups excluding carboxylic acids is 1. The number of nitrogens with zero attached hydrogens (tertiary/aromatic N) is 3. The summed E-state index contributed by atoms with van der Waals surface area (Å²) in [6.45, 7) is 0.147.